The third-order valence-electron chi connectivity index (χ3n) is 2.33. The van der Waals surface area contributed by atoms with Gasteiger partial charge < -0.3 is 11.1 Å². The van der Waals surface area contributed by atoms with Crippen LogP contribution in [0.5, 0.6) is 0 Å². The molecule has 7 heteroatoms. The molecule has 18 heavy (non-hydrogen) atoms. The molecule has 0 aliphatic heterocycles. The number of nitrogens with zero attached hydrogens (tertiary/aromatic N) is 3. The summed E-state index contributed by atoms with van der Waals surface area (Å²) >= 11 is 0. The van der Waals surface area contributed by atoms with Gasteiger partial charge in [0.25, 0.3) is 0 Å². The highest BCUT2D eigenvalue weighted by atomic mass is 19.1. The SMILES string of the molecule is [N-]=[N+]=NCCCNC(C(N)=O)c1ccc(F)cc1. The zero-order valence-corrected chi connectivity index (χ0v) is 9.71. The number of carbonyl (C=O) groups excluding carboxylic acids is 1. The average molecular weight is 251 g/mol. The van der Waals surface area contributed by atoms with Gasteiger partial charge in [-0.1, -0.05) is 17.2 Å². The van der Waals surface area contributed by atoms with E-state index in [1.165, 1.54) is 24.3 Å². The molecule has 96 valence electrons. The van der Waals surface area contributed by atoms with Gasteiger partial charge in [-0.25, -0.2) is 4.39 Å². The van der Waals surface area contributed by atoms with E-state index in [1.807, 2.05) is 0 Å². The van der Waals surface area contributed by atoms with Crippen LogP contribution in [0.4, 0.5) is 4.39 Å². The molecule has 0 saturated carbocycles. The number of nitrogens with two attached hydrogens (primary N) is 1. The minimum absolute atomic E-state index is 0.346. The number of nitrogens with one attached hydrogen (secondary N) is 1. The van der Waals surface area contributed by atoms with Crippen molar-refractivity contribution in [2.75, 3.05) is 13.1 Å². The fourth-order valence-corrected chi connectivity index (χ4v) is 1.48. The van der Waals surface area contributed by atoms with E-state index in [1.54, 1.807) is 0 Å². The molecule has 1 amide bonds. The standard InChI is InChI=1S/C11H14FN5O/c12-9-4-2-8(3-5-9)10(11(13)18)15-6-1-7-16-17-14/h2-5,10,15H,1,6-7H2,(H2,13,18). The molecule has 0 aliphatic carbocycles. The van der Waals surface area contributed by atoms with Crippen LogP contribution in [-0.2, 0) is 4.79 Å². The molecule has 1 rings (SSSR count). The van der Waals surface area contributed by atoms with E-state index in [-0.39, 0.29) is 5.82 Å². The second-order valence-electron chi connectivity index (χ2n) is 3.65. The highest BCUT2D eigenvalue weighted by molar-refractivity contribution is 5.81. The van der Waals surface area contributed by atoms with Crippen LogP contribution in [0.25, 0.3) is 10.4 Å². The minimum Gasteiger partial charge on any atom is -0.368 e. The Balaban J connectivity index is 2.57. The van der Waals surface area contributed by atoms with E-state index in [0.29, 0.717) is 25.1 Å². The third-order valence-corrected chi connectivity index (χ3v) is 2.33. The van der Waals surface area contributed by atoms with Crippen molar-refractivity contribution in [1.29, 1.82) is 0 Å². The van der Waals surface area contributed by atoms with Crippen molar-refractivity contribution in [3.05, 3.63) is 46.1 Å². The molecule has 0 fully saturated rings. The van der Waals surface area contributed by atoms with Crippen molar-refractivity contribution < 1.29 is 9.18 Å². The Morgan fingerprint density at radius 2 is 2.17 bits per heavy atom. The van der Waals surface area contributed by atoms with Crippen LogP contribution < -0.4 is 11.1 Å². The van der Waals surface area contributed by atoms with Crippen LogP contribution in [0.2, 0.25) is 0 Å². The van der Waals surface area contributed by atoms with Gasteiger partial charge in [-0.2, -0.15) is 0 Å². The first kappa shape index (κ1) is 14.0. The summed E-state index contributed by atoms with van der Waals surface area (Å²) in [4.78, 5) is 13.9. The van der Waals surface area contributed by atoms with E-state index in [4.69, 9.17) is 11.3 Å². The Labute approximate surface area is 104 Å². The number of amides is 1. The lowest BCUT2D eigenvalue weighted by Crippen LogP contribution is -2.34. The summed E-state index contributed by atoms with van der Waals surface area (Å²) in [6, 6.07) is 4.88. The van der Waals surface area contributed by atoms with E-state index < -0.39 is 11.9 Å². The van der Waals surface area contributed by atoms with Crippen LogP contribution in [-0.4, -0.2) is 19.0 Å². The zero-order valence-electron chi connectivity index (χ0n) is 9.71. The summed E-state index contributed by atoms with van der Waals surface area (Å²) in [6.45, 7) is 0.822. The summed E-state index contributed by atoms with van der Waals surface area (Å²) in [5, 5.41) is 6.31. The van der Waals surface area contributed by atoms with Crippen molar-refractivity contribution in [2.45, 2.75) is 12.5 Å². The van der Waals surface area contributed by atoms with Gasteiger partial charge in [-0.3, -0.25) is 4.79 Å². The van der Waals surface area contributed by atoms with Crippen LogP contribution in [0.1, 0.15) is 18.0 Å². The summed E-state index contributed by atoms with van der Waals surface area (Å²) < 4.78 is 12.8. The van der Waals surface area contributed by atoms with E-state index in [9.17, 15) is 9.18 Å². The molecular weight excluding hydrogens is 237 g/mol. The molecule has 0 aromatic heterocycles. The van der Waals surface area contributed by atoms with Crippen molar-refractivity contribution in [3.8, 4) is 0 Å². The van der Waals surface area contributed by atoms with Crippen LogP contribution in [0.3, 0.4) is 0 Å². The van der Waals surface area contributed by atoms with Crippen molar-refractivity contribution >= 4 is 5.91 Å². The van der Waals surface area contributed by atoms with E-state index in [0.717, 1.165) is 0 Å². The lowest BCUT2D eigenvalue weighted by Gasteiger charge is -2.15. The first-order valence-corrected chi connectivity index (χ1v) is 5.44. The van der Waals surface area contributed by atoms with Gasteiger partial charge >= 0.3 is 0 Å². The number of hydrogen-bond acceptors (Lipinski definition) is 3. The van der Waals surface area contributed by atoms with Crippen molar-refractivity contribution in [2.24, 2.45) is 10.8 Å². The van der Waals surface area contributed by atoms with Gasteiger partial charge in [0.15, 0.2) is 0 Å². The number of halogens is 1. The molecule has 0 bridgehead atoms. The largest absolute Gasteiger partial charge is 0.368 e. The normalized spacial score (nSPS) is 11.6. The van der Waals surface area contributed by atoms with Gasteiger partial charge in [-0.15, -0.1) is 0 Å². The highest BCUT2D eigenvalue weighted by Crippen LogP contribution is 2.13. The summed E-state index contributed by atoms with van der Waals surface area (Å²) in [6.07, 6.45) is 0.592. The number of hydrogen-bond donors (Lipinski definition) is 2. The maximum atomic E-state index is 12.8. The number of carbonyl (C=O) groups is 1. The zero-order chi connectivity index (χ0) is 13.4. The first-order valence-electron chi connectivity index (χ1n) is 5.44. The molecular formula is C11H14FN5O. The smallest absolute Gasteiger partial charge is 0.239 e. The molecule has 0 spiro atoms. The van der Waals surface area contributed by atoms with E-state index >= 15 is 0 Å². The van der Waals surface area contributed by atoms with Gasteiger partial charge in [-0.05, 0) is 36.2 Å². The predicted molar refractivity (Wildman–Crippen MR) is 65.0 cm³/mol. The Morgan fingerprint density at radius 1 is 1.50 bits per heavy atom. The van der Waals surface area contributed by atoms with Gasteiger partial charge in [0.1, 0.15) is 11.9 Å². The molecule has 0 aliphatic rings. The topological polar surface area (TPSA) is 104 Å². The Bertz CT molecular complexity index is 441. The molecule has 3 N–H and O–H groups in total. The van der Waals surface area contributed by atoms with E-state index in [2.05, 4.69) is 15.3 Å². The molecule has 1 atom stereocenters. The Kier molecular flexibility index (Phi) is 5.63. The fourth-order valence-electron chi connectivity index (χ4n) is 1.48. The first-order chi connectivity index (χ1) is 8.65. The molecule has 1 aromatic rings. The molecule has 1 unspecified atom stereocenters. The van der Waals surface area contributed by atoms with Crippen molar-refractivity contribution in [3.63, 3.8) is 0 Å². The Morgan fingerprint density at radius 3 is 2.72 bits per heavy atom. The minimum atomic E-state index is -0.670. The molecule has 0 radical (unpaired) electrons. The monoisotopic (exact) mass is 251 g/mol. The van der Waals surface area contributed by atoms with Crippen LogP contribution in [0.15, 0.2) is 29.4 Å². The Hall–Kier alpha value is -2.11. The maximum absolute atomic E-state index is 12.8. The fraction of sp³-hybridized carbons (Fsp3) is 0.364. The lowest BCUT2D eigenvalue weighted by molar-refractivity contribution is -0.120. The number of rotatable bonds is 7. The molecule has 0 heterocycles. The highest BCUT2D eigenvalue weighted by Gasteiger charge is 2.16. The quantitative estimate of drug-likeness (QED) is 0.333. The van der Waals surface area contributed by atoms with Gasteiger partial charge in [0, 0.05) is 11.5 Å². The van der Waals surface area contributed by atoms with Crippen LogP contribution >= 0.6 is 0 Å². The lowest BCUT2D eigenvalue weighted by atomic mass is 10.1. The average Bonchev–Trinajstić information content (AvgIpc) is 2.35. The van der Waals surface area contributed by atoms with Gasteiger partial charge in [0.05, 0.1) is 0 Å². The summed E-state index contributed by atoms with van der Waals surface area (Å²) in [5.74, 6) is -0.907. The predicted octanol–water partition coefficient (Wildman–Crippen LogP) is 1.64. The summed E-state index contributed by atoms with van der Waals surface area (Å²) in [7, 11) is 0. The molecule has 0 saturated heterocycles. The molecule has 6 nitrogen and oxygen atoms in total. The number of primary amides is 1. The third kappa shape index (κ3) is 4.40. The molecule has 1 aromatic carbocycles. The summed E-state index contributed by atoms with van der Waals surface area (Å²) in [5.41, 5.74) is 14.0. The van der Waals surface area contributed by atoms with Crippen LogP contribution in [0, 0.1) is 5.82 Å². The number of benzene rings is 1. The second-order valence-corrected chi connectivity index (χ2v) is 3.65. The van der Waals surface area contributed by atoms with Crippen molar-refractivity contribution in [1.82, 2.24) is 5.32 Å². The maximum Gasteiger partial charge on any atom is 0.239 e. The van der Waals surface area contributed by atoms with Gasteiger partial charge in [0.2, 0.25) is 5.91 Å². The number of azide groups is 1. The second kappa shape index (κ2) is 7.26.